The fourth-order valence-electron chi connectivity index (χ4n) is 2.40. The number of furan rings is 2. The van der Waals surface area contributed by atoms with E-state index in [0.29, 0.717) is 5.76 Å². The van der Waals surface area contributed by atoms with Gasteiger partial charge in [-0.05, 0) is 45.9 Å². The number of amides is 3. The summed E-state index contributed by atoms with van der Waals surface area (Å²) >= 11 is 0. The van der Waals surface area contributed by atoms with Gasteiger partial charge in [0.15, 0.2) is 0 Å². The molecule has 0 aliphatic rings. The van der Waals surface area contributed by atoms with Gasteiger partial charge in [-0.25, -0.2) is 4.79 Å². The van der Waals surface area contributed by atoms with Crippen LogP contribution >= 0.6 is 0 Å². The molecular weight excluding hydrogens is 310 g/mol. The zero-order chi connectivity index (χ0) is 17.7. The Labute approximate surface area is 140 Å². The van der Waals surface area contributed by atoms with Crippen LogP contribution in [0.1, 0.15) is 42.7 Å². The second kappa shape index (κ2) is 7.72. The van der Waals surface area contributed by atoms with Crippen LogP contribution in [0, 0.1) is 13.8 Å². The fraction of sp³-hybridized carbons (Fsp3) is 0.412. The van der Waals surface area contributed by atoms with Crippen LogP contribution in [0.4, 0.5) is 4.79 Å². The van der Waals surface area contributed by atoms with E-state index in [4.69, 9.17) is 8.83 Å². The van der Waals surface area contributed by atoms with Crippen LogP contribution in [-0.2, 0) is 11.3 Å². The van der Waals surface area contributed by atoms with Crippen LogP contribution in [0.3, 0.4) is 0 Å². The summed E-state index contributed by atoms with van der Waals surface area (Å²) in [5.41, 5.74) is 0.914. The van der Waals surface area contributed by atoms with Crippen molar-refractivity contribution in [3.63, 3.8) is 0 Å². The van der Waals surface area contributed by atoms with E-state index in [0.717, 1.165) is 17.1 Å². The van der Waals surface area contributed by atoms with E-state index in [1.54, 1.807) is 19.1 Å². The molecule has 0 aromatic carbocycles. The molecule has 130 valence electrons. The van der Waals surface area contributed by atoms with Gasteiger partial charge in [0.1, 0.15) is 23.3 Å². The SMILES string of the molecule is Cc1cc([C@H](C)NC(=O)N[C@H](C)C(=O)NCc2ccco2)c(C)o1. The van der Waals surface area contributed by atoms with E-state index in [9.17, 15) is 9.59 Å². The van der Waals surface area contributed by atoms with E-state index >= 15 is 0 Å². The zero-order valence-corrected chi connectivity index (χ0v) is 14.3. The van der Waals surface area contributed by atoms with Gasteiger partial charge in [0.05, 0.1) is 18.8 Å². The summed E-state index contributed by atoms with van der Waals surface area (Å²) in [7, 11) is 0. The third kappa shape index (κ3) is 4.65. The largest absolute Gasteiger partial charge is 0.467 e. The van der Waals surface area contributed by atoms with Gasteiger partial charge in [-0.1, -0.05) is 0 Å². The minimum Gasteiger partial charge on any atom is -0.467 e. The Morgan fingerprint density at radius 1 is 1.21 bits per heavy atom. The minimum atomic E-state index is -0.667. The quantitative estimate of drug-likeness (QED) is 0.757. The monoisotopic (exact) mass is 333 g/mol. The Hall–Kier alpha value is -2.70. The number of rotatable bonds is 6. The second-order valence-corrected chi connectivity index (χ2v) is 5.73. The van der Waals surface area contributed by atoms with E-state index in [1.165, 1.54) is 6.26 Å². The molecule has 3 N–H and O–H groups in total. The number of nitrogens with one attached hydrogen (secondary N) is 3. The summed E-state index contributed by atoms with van der Waals surface area (Å²) in [6.07, 6.45) is 1.54. The fourth-order valence-corrected chi connectivity index (χ4v) is 2.40. The van der Waals surface area contributed by atoms with Crippen LogP contribution in [0.5, 0.6) is 0 Å². The highest BCUT2D eigenvalue weighted by Gasteiger charge is 2.19. The topological polar surface area (TPSA) is 96.5 Å². The number of aryl methyl sites for hydroxylation is 2. The van der Waals surface area contributed by atoms with Gasteiger partial charge in [0, 0.05) is 5.56 Å². The first-order chi connectivity index (χ1) is 11.4. The maximum Gasteiger partial charge on any atom is 0.315 e. The summed E-state index contributed by atoms with van der Waals surface area (Å²) in [4.78, 5) is 24.0. The number of hydrogen-bond donors (Lipinski definition) is 3. The van der Waals surface area contributed by atoms with Crippen LogP contribution < -0.4 is 16.0 Å². The zero-order valence-electron chi connectivity index (χ0n) is 14.3. The molecule has 2 aromatic heterocycles. The Morgan fingerprint density at radius 3 is 2.54 bits per heavy atom. The lowest BCUT2D eigenvalue weighted by molar-refractivity contribution is -0.122. The highest BCUT2D eigenvalue weighted by molar-refractivity contribution is 5.86. The molecule has 3 amide bonds. The molecule has 2 heterocycles. The maximum absolute atomic E-state index is 12.0. The number of hydrogen-bond acceptors (Lipinski definition) is 4. The predicted octanol–water partition coefficient (Wildman–Crippen LogP) is 2.55. The molecule has 7 heteroatoms. The molecule has 0 saturated carbocycles. The van der Waals surface area contributed by atoms with Crippen LogP contribution in [0.15, 0.2) is 33.3 Å². The van der Waals surface area contributed by atoms with Crippen LogP contribution in [0.25, 0.3) is 0 Å². The molecule has 0 aliphatic carbocycles. The first-order valence-electron chi connectivity index (χ1n) is 7.81. The normalized spacial score (nSPS) is 13.2. The third-order valence-corrected chi connectivity index (χ3v) is 3.65. The van der Waals surface area contributed by atoms with Gasteiger partial charge in [-0.3, -0.25) is 4.79 Å². The lowest BCUT2D eigenvalue weighted by atomic mass is 10.1. The molecule has 2 rings (SSSR count). The van der Waals surface area contributed by atoms with Gasteiger partial charge in [0.2, 0.25) is 5.91 Å². The molecule has 0 unspecified atom stereocenters. The summed E-state index contributed by atoms with van der Waals surface area (Å²) in [6.45, 7) is 7.47. The first kappa shape index (κ1) is 17.7. The molecule has 2 aromatic rings. The average molecular weight is 333 g/mol. The van der Waals surface area contributed by atoms with Gasteiger partial charge in [-0.2, -0.15) is 0 Å². The van der Waals surface area contributed by atoms with Crippen LogP contribution in [0.2, 0.25) is 0 Å². The van der Waals surface area contributed by atoms with Crippen molar-refractivity contribution in [1.29, 1.82) is 0 Å². The molecule has 0 radical (unpaired) electrons. The molecule has 0 bridgehead atoms. The minimum absolute atomic E-state index is 0.221. The van der Waals surface area contributed by atoms with E-state index < -0.39 is 12.1 Å². The molecule has 7 nitrogen and oxygen atoms in total. The van der Waals surface area contributed by atoms with Crippen molar-refractivity contribution in [3.8, 4) is 0 Å². The lowest BCUT2D eigenvalue weighted by Crippen LogP contribution is -2.48. The van der Waals surface area contributed by atoms with Gasteiger partial charge in [-0.15, -0.1) is 0 Å². The molecule has 0 fully saturated rings. The van der Waals surface area contributed by atoms with Crippen molar-refractivity contribution in [2.75, 3.05) is 0 Å². The summed E-state index contributed by atoms with van der Waals surface area (Å²) < 4.78 is 10.6. The number of carbonyl (C=O) groups is 2. The third-order valence-electron chi connectivity index (χ3n) is 3.65. The second-order valence-electron chi connectivity index (χ2n) is 5.73. The summed E-state index contributed by atoms with van der Waals surface area (Å²) in [6, 6.07) is 4.10. The van der Waals surface area contributed by atoms with Crippen LogP contribution in [-0.4, -0.2) is 18.0 Å². The Bertz CT molecular complexity index is 691. The van der Waals surface area contributed by atoms with Crippen molar-refractivity contribution < 1.29 is 18.4 Å². The predicted molar refractivity (Wildman–Crippen MR) is 88.3 cm³/mol. The van der Waals surface area contributed by atoms with E-state index in [2.05, 4.69) is 16.0 Å². The molecular formula is C17H23N3O4. The van der Waals surface area contributed by atoms with Crippen molar-refractivity contribution >= 4 is 11.9 Å². The lowest BCUT2D eigenvalue weighted by Gasteiger charge is -2.17. The number of urea groups is 1. The first-order valence-corrected chi connectivity index (χ1v) is 7.81. The maximum atomic E-state index is 12.0. The van der Waals surface area contributed by atoms with Crippen molar-refractivity contribution in [1.82, 2.24) is 16.0 Å². The van der Waals surface area contributed by atoms with Gasteiger partial charge >= 0.3 is 6.03 Å². The van der Waals surface area contributed by atoms with Crippen molar-refractivity contribution in [2.24, 2.45) is 0 Å². The molecule has 0 saturated heterocycles. The highest BCUT2D eigenvalue weighted by atomic mass is 16.3. The van der Waals surface area contributed by atoms with Crippen molar-refractivity contribution in [3.05, 3.63) is 47.3 Å². The number of carbonyl (C=O) groups excluding carboxylic acids is 2. The Morgan fingerprint density at radius 2 is 1.96 bits per heavy atom. The average Bonchev–Trinajstić information content (AvgIpc) is 3.13. The van der Waals surface area contributed by atoms with Gasteiger partial charge in [0.25, 0.3) is 0 Å². The van der Waals surface area contributed by atoms with E-state index in [1.807, 2.05) is 26.8 Å². The summed E-state index contributed by atoms with van der Waals surface area (Å²) in [5, 5.41) is 8.11. The Kier molecular flexibility index (Phi) is 5.68. The van der Waals surface area contributed by atoms with E-state index in [-0.39, 0.29) is 18.5 Å². The van der Waals surface area contributed by atoms with Crippen molar-refractivity contribution in [2.45, 2.75) is 46.3 Å². The summed E-state index contributed by atoms with van der Waals surface area (Å²) in [5.74, 6) is 1.93. The molecule has 0 aliphatic heterocycles. The van der Waals surface area contributed by atoms with Gasteiger partial charge < -0.3 is 24.8 Å². The smallest absolute Gasteiger partial charge is 0.315 e. The standard InChI is InChI=1S/C17H23N3O4/c1-10-8-15(13(4)24-10)11(2)19-17(22)20-12(3)16(21)18-9-14-6-5-7-23-14/h5-8,11-12H,9H2,1-4H3,(H,18,21)(H2,19,20,22)/t11-,12+/m0/s1. The Balaban J connectivity index is 1.80. The highest BCUT2D eigenvalue weighted by Crippen LogP contribution is 2.20. The molecule has 24 heavy (non-hydrogen) atoms. The molecule has 0 spiro atoms. The molecule has 2 atom stereocenters.